The molecule has 2 atom stereocenters. The summed E-state index contributed by atoms with van der Waals surface area (Å²) in [4.78, 5) is 22.6. The summed E-state index contributed by atoms with van der Waals surface area (Å²) < 4.78 is 0. The number of primary amides is 1. The Morgan fingerprint density at radius 3 is 2.59 bits per heavy atom. The minimum absolute atomic E-state index is 0.000363. The molecule has 0 radical (unpaired) electrons. The molecule has 2 unspecified atom stereocenters. The van der Waals surface area contributed by atoms with Gasteiger partial charge >= 0.3 is 0 Å². The van der Waals surface area contributed by atoms with Gasteiger partial charge in [0, 0.05) is 11.6 Å². The lowest BCUT2D eigenvalue weighted by Crippen LogP contribution is -2.15. The molecule has 0 spiro atoms. The van der Waals surface area contributed by atoms with Crippen LogP contribution in [0.2, 0.25) is 5.02 Å². The fourth-order valence-corrected chi connectivity index (χ4v) is 1.99. The van der Waals surface area contributed by atoms with Gasteiger partial charge in [-0.3, -0.25) is 9.59 Å². The highest BCUT2D eigenvalue weighted by Crippen LogP contribution is 2.38. The van der Waals surface area contributed by atoms with Crippen LogP contribution in [-0.2, 0) is 4.79 Å². The van der Waals surface area contributed by atoms with Gasteiger partial charge in [-0.15, -0.1) is 0 Å². The monoisotopic (exact) mass is 252 g/mol. The molecule has 0 bridgehead atoms. The molecule has 1 saturated carbocycles. The van der Waals surface area contributed by atoms with Crippen LogP contribution in [0.4, 0.5) is 5.69 Å². The maximum absolute atomic E-state index is 11.7. The molecular formula is C12H13ClN2O2. The molecule has 90 valence electrons. The molecule has 0 aromatic heterocycles. The normalized spacial score (nSPS) is 22.0. The van der Waals surface area contributed by atoms with Gasteiger partial charge in [0.25, 0.3) is 0 Å². The number of hydrogen-bond donors (Lipinski definition) is 2. The van der Waals surface area contributed by atoms with Gasteiger partial charge in [-0.05, 0) is 30.5 Å². The molecule has 2 amide bonds. The molecule has 5 heteroatoms. The fourth-order valence-electron chi connectivity index (χ4n) is 1.72. The summed E-state index contributed by atoms with van der Waals surface area (Å²) in [7, 11) is 0. The first kappa shape index (κ1) is 11.9. The molecule has 1 aliphatic rings. The van der Waals surface area contributed by atoms with E-state index in [9.17, 15) is 9.59 Å². The van der Waals surface area contributed by atoms with Crippen molar-refractivity contribution in [3.63, 3.8) is 0 Å². The topological polar surface area (TPSA) is 72.2 Å². The Morgan fingerprint density at radius 2 is 2.12 bits per heavy atom. The van der Waals surface area contributed by atoms with Gasteiger partial charge in [0.1, 0.15) is 0 Å². The van der Waals surface area contributed by atoms with Crippen molar-refractivity contribution < 1.29 is 9.59 Å². The molecule has 1 aliphatic carbocycles. The number of anilines is 1. The fraction of sp³-hybridized carbons (Fsp3) is 0.333. The lowest BCUT2D eigenvalue weighted by molar-refractivity contribution is -0.117. The second-order valence-corrected chi connectivity index (χ2v) is 4.77. The zero-order valence-corrected chi connectivity index (χ0v) is 10.1. The maximum Gasteiger partial charge on any atom is 0.250 e. The van der Waals surface area contributed by atoms with Crippen LogP contribution in [0.25, 0.3) is 0 Å². The Morgan fingerprint density at radius 1 is 1.47 bits per heavy atom. The number of halogens is 1. The lowest BCUT2D eigenvalue weighted by atomic mass is 10.2. The van der Waals surface area contributed by atoms with Crippen LogP contribution in [0, 0.1) is 11.8 Å². The van der Waals surface area contributed by atoms with Crippen LogP contribution >= 0.6 is 11.6 Å². The van der Waals surface area contributed by atoms with Gasteiger partial charge < -0.3 is 11.1 Å². The van der Waals surface area contributed by atoms with Crippen LogP contribution in [0.5, 0.6) is 0 Å². The van der Waals surface area contributed by atoms with Gasteiger partial charge in [-0.25, -0.2) is 0 Å². The van der Waals surface area contributed by atoms with E-state index in [0.717, 1.165) is 6.42 Å². The number of hydrogen-bond acceptors (Lipinski definition) is 2. The SMILES string of the molecule is CC1CC1C(=O)Nc1ccc(C(N)=O)c(Cl)c1. The van der Waals surface area contributed by atoms with Gasteiger partial charge in [0.15, 0.2) is 0 Å². The molecule has 17 heavy (non-hydrogen) atoms. The zero-order valence-electron chi connectivity index (χ0n) is 9.37. The largest absolute Gasteiger partial charge is 0.366 e. The molecule has 0 aliphatic heterocycles. The highest BCUT2D eigenvalue weighted by molar-refractivity contribution is 6.34. The quantitative estimate of drug-likeness (QED) is 0.864. The van der Waals surface area contributed by atoms with Crippen molar-refractivity contribution in [1.82, 2.24) is 0 Å². The van der Waals surface area contributed by atoms with E-state index < -0.39 is 5.91 Å². The average molecular weight is 253 g/mol. The summed E-state index contributed by atoms with van der Waals surface area (Å²) >= 11 is 5.88. The summed E-state index contributed by atoms with van der Waals surface area (Å²) in [6.45, 7) is 2.04. The summed E-state index contributed by atoms with van der Waals surface area (Å²) in [5, 5.41) is 3.01. The number of benzene rings is 1. The summed E-state index contributed by atoms with van der Waals surface area (Å²) in [5.41, 5.74) is 5.97. The number of rotatable bonds is 3. The molecule has 1 aromatic carbocycles. The van der Waals surface area contributed by atoms with Crippen molar-refractivity contribution in [3.05, 3.63) is 28.8 Å². The van der Waals surface area contributed by atoms with Gasteiger partial charge in [0.05, 0.1) is 10.6 Å². The van der Waals surface area contributed by atoms with E-state index in [1.54, 1.807) is 6.07 Å². The van der Waals surface area contributed by atoms with E-state index in [1.807, 2.05) is 6.92 Å². The lowest BCUT2D eigenvalue weighted by Gasteiger charge is -2.06. The Balaban J connectivity index is 2.10. The van der Waals surface area contributed by atoms with Crippen molar-refractivity contribution in [2.24, 2.45) is 17.6 Å². The van der Waals surface area contributed by atoms with E-state index in [4.69, 9.17) is 17.3 Å². The van der Waals surface area contributed by atoms with Crippen LogP contribution in [0.15, 0.2) is 18.2 Å². The first-order valence-corrected chi connectivity index (χ1v) is 5.77. The summed E-state index contributed by atoms with van der Waals surface area (Å²) in [6.07, 6.45) is 0.929. The predicted molar refractivity (Wildman–Crippen MR) is 65.9 cm³/mol. The second-order valence-electron chi connectivity index (χ2n) is 4.37. The van der Waals surface area contributed by atoms with Crippen molar-refractivity contribution >= 4 is 29.1 Å². The van der Waals surface area contributed by atoms with Gasteiger partial charge in [0.2, 0.25) is 11.8 Å². The smallest absolute Gasteiger partial charge is 0.250 e. The number of nitrogens with one attached hydrogen (secondary N) is 1. The highest BCUT2D eigenvalue weighted by atomic mass is 35.5. The van der Waals surface area contributed by atoms with Gasteiger partial charge in [-0.1, -0.05) is 18.5 Å². The van der Waals surface area contributed by atoms with E-state index in [1.165, 1.54) is 12.1 Å². The molecule has 1 fully saturated rings. The van der Waals surface area contributed by atoms with Crippen molar-refractivity contribution in [2.75, 3.05) is 5.32 Å². The average Bonchev–Trinajstić information content (AvgIpc) is 2.95. The third-order valence-corrected chi connectivity index (χ3v) is 3.26. The Hall–Kier alpha value is -1.55. The van der Waals surface area contributed by atoms with Crippen LogP contribution in [0.3, 0.4) is 0 Å². The van der Waals surface area contributed by atoms with E-state index >= 15 is 0 Å². The Bertz CT molecular complexity index is 487. The molecule has 1 aromatic rings. The van der Waals surface area contributed by atoms with Crippen LogP contribution in [0.1, 0.15) is 23.7 Å². The third-order valence-electron chi connectivity index (χ3n) is 2.95. The number of nitrogens with two attached hydrogens (primary N) is 1. The first-order valence-electron chi connectivity index (χ1n) is 5.39. The zero-order chi connectivity index (χ0) is 12.6. The third kappa shape index (κ3) is 2.58. The van der Waals surface area contributed by atoms with E-state index in [2.05, 4.69) is 5.32 Å². The molecule has 3 N–H and O–H groups in total. The van der Waals surface area contributed by atoms with Gasteiger partial charge in [-0.2, -0.15) is 0 Å². The molecule has 0 heterocycles. The number of carbonyl (C=O) groups is 2. The molecule has 0 saturated heterocycles. The minimum atomic E-state index is -0.580. The first-order chi connectivity index (χ1) is 7.99. The highest BCUT2D eigenvalue weighted by Gasteiger charge is 2.39. The van der Waals surface area contributed by atoms with E-state index in [-0.39, 0.29) is 22.4 Å². The minimum Gasteiger partial charge on any atom is -0.366 e. The van der Waals surface area contributed by atoms with Crippen LogP contribution in [-0.4, -0.2) is 11.8 Å². The van der Waals surface area contributed by atoms with Crippen molar-refractivity contribution in [1.29, 1.82) is 0 Å². The van der Waals surface area contributed by atoms with Crippen molar-refractivity contribution in [2.45, 2.75) is 13.3 Å². The second kappa shape index (κ2) is 4.37. The van der Waals surface area contributed by atoms with Crippen LogP contribution < -0.4 is 11.1 Å². The molecule has 2 rings (SSSR count). The Labute approximate surface area is 104 Å². The standard InChI is InChI=1S/C12H13ClN2O2/c1-6-4-9(6)12(17)15-7-2-3-8(11(14)16)10(13)5-7/h2-3,5-6,9H,4H2,1H3,(H2,14,16)(H,15,17). The Kier molecular flexibility index (Phi) is 3.07. The number of amides is 2. The van der Waals surface area contributed by atoms with Crippen molar-refractivity contribution in [3.8, 4) is 0 Å². The number of carbonyl (C=O) groups excluding carboxylic acids is 2. The molecule has 4 nitrogen and oxygen atoms in total. The molecular weight excluding hydrogens is 240 g/mol. The predicted octanol–water partition coefficient (Wildman–Crippen LogP) is 2.03. The maximum atomic E-state index is 11.7. The van der Waals surface area contributed by atoms with E-state index in [0.29, 0.717) is 11.6 Å². The summed E-state index contributed by atoms with van der Waals surface area (Å²) in [5.74, 6) is -0.0240. The summed E-state index contributed by atoms with van der Waals surface area (Å²) in [6, 6.07) is 4.67.